The third-order valence-electron chi connectivity index (χ3n) is 4.81. The molecule has 0 bridgehead atoms. The van der Waals surface area contributed by atoms with E-state index in [4.69, 9.17) is 5.73 Å². The lowest BCUT2D eigenvalue weighted by atomic mass is 9.95. The first kappa shape index (κ1) is 21.1. The monoisotopic (exact) mass is 453 g/mol. The van der Waals surface area contributed by atoms with E-state index in [2.05, 4.69) is 74.3 Å². The van der Waals surface area contributed by atoms with Gasteiger partial charge in [-0.3, -0.25) is 9.88 Å². The van der Waals surface area contributed by atoms with Crippen LogP contribution in [0.1, 0.15) is 17.0 Å². The van der Waals surface area contributed by atoms with E-state index in [9.17, 15) is 0 Å². The van der Waals surface area contributed by atoms with Crippen molar-refractivity contribution >= 4 is 51.6 Å². The Hall–Kier alpha value is -1.17. The SMILES string of the molecule is Cl.Cl.N[C@@H]1CN(Cc2cc(Br)cc3cccnc23)C[C@H]1c1ccccc1. The Balaban J connectivity index is 0.00000121. The Morgan fingerprint density at radius 1 is 1.04 bits per heavy atom. The van der Waals surface area contributed by atoms with Gasteiger partial charge in [-0.1, -0.05) is 52.3 Å². The quantitative estimate of drug-likeness (QED) is 0.619. The van der Waals surface area contributed by atoms with Crippen LogP contribution in [-0.2, 0) is 6.54 Å². The standard InChI is InChI=1S/C20H20BrN3.2ClH/c21-17-9-15-7-4-8-23-20(15)16(10-17)11-24-12-18(19(22)13-24)14-5-2-1-3-6-14;;/h1-10,18-19H,11-13,22H2;2*1H/t18-,19+;;/m0../s1. The Labute approximate surface area is 174 Å². The van der Waals surface area contributed by atoms with Gasteiger partial charge in [0.25, 0.3) is 0 Å². The van der Waals surface area contributed by atoms with Crippen LogP contribution in [0.4, 0.5) is 0 Å². The normalized spacial score (nSPS) is 19.8. The largest absolute Gasteiger partial charge is 0.326 e. The van der Waals surface area contributed by atoms with Crippen molar-refractivity contribution in [1.29, 1.82) is 0 Å². The number of nitrogens with two attached hydrogens (primary N) is 1. The Morgan fingerprint density at radius 3 is 2.58 bits per heavy atom. The molecule has 3 nitrogen and oxygen atoms in total. The van der Waals surface area contributed by atoms with Crippen LogP contribution >= 0.6 is 40.7 Å². The van der Waals surface area contributed by atoms with E-state index in [1.165, 1.54) is 16.5 Å². The zero-order valence-corrected chi connectivity index (χ0v) is 17.4. The summed E-state index contributed by atoms with van der Waals surface area (Å²) in [5.74, 6) is 0.401. The van der Waals surface area contributed by atoms with Gasteiger partial charge in [-0.2, -0.15) is 0 Å². The average molecular weight is 455 g/mol. The second-order valence-electron chi connectivity index (χ2n) is 6.52. The molecule has 1 fully saturated rings. The molecule has 0 amide bonds. The zero-order valence-electron chi connectivity index (χ0n) is 14.2. The number of hydrogen-bond donors (Lipinski definition) is 1. The number of hydrogen-bond acceptors (Lipinski definition) is 3. The molecule has 0 saturated carbocycles. The van der Waals surface area contributed by atoms with Crippen molar-refractivity contribution in [3.63, 3.8) is 0 Å². The highest BCUT2D eigenvalue weighted by molar-refractivity contribution is 9.10. The number of halogens is 3. The highest BCUT2D eigenvalue weighted by Gasteiger charge is 2.31. The summed E-state index contributed by atoms with van der Waals surface area (Å²) < 4.78 is 1.10. The zero-order chi connectivity index (χ0) is 16.5. The molecule has 3 aromatic rings. The van der Waals surface area contributed by atoms with Crippen molar-refractivity contribution < 1.29 is 0 Å². The second kappa shape index (κ2) is 9.16. The number of nitrogens with zero attached hydrogens (tertiary/aromatic N) is 2. The van der Waals surface area contributed by atoms with Crippen LogP contribution in [0.15, 0.2) is 65.3 Å². The summed E-state index contributed by atoms with van der Waals surface area (Å²) in [6, 6.07) is 19.2. The van der Waals surface area contributed by atoms with Crippen LogP contribution < -0.4 is 5.73 Å². The molecular weight excluding hydrogens is 433 g/mol. The van der Waals surface area contributed by atoms with Crippen molar-refractivity contribution in [3.05, 3.63) is 76.4 Å². The minimum Gasteiger partial charge on any atom is -0.326 e. The van der Waals surface area contributed by atoms with Gasteiger partial charge in [0.15, 0.2) is 0 Å². The van der Waals surface area contributed by atoms with E-state index in [0.29, 0.717) is 5.92 Å². The molecule has 138 valence electrons. The summed E-state index contributed by atoms with van der Waals surface area (Å²) in [6.07, 6.45) is 1.86. The molecule has 2 N–H and O–H groups in total. The van der Waals surface area contributed by atoms with Gasteiger partial charge < -0.3 is 5.73 Å². The van der Waals surface area contributed by atoms with E-state index < -0.39 is 0 Å². The molecule has 26 heavy (non-hydrogen) atoms. The van der Waals surface area contributed by atoms with Gasteiger partial charge in [0.1, 0.15) is 0 Å². The van der Waals surface area contributed by atoms with Crippen molar-refractivity contribution in [1.82, 2.24) is 9.88 Å². The minimum absolute atomic E-state index is 0. The summed E-state index contributed by atoms with van der Waals surface area (Å²) in [5.41, 5.74) is 10.1. The summed E-state index contributed by atoms with van der Waals surface area (Å²) in [6.45, 7) is 2.79. The summed E-state index contributed by atoms with van der Waals surface area (Å²) >= 11 is 3.62. The molecule has 2 aromatic carbocycles. The molecular formula is C20H22BrCl2N3. The molecule has 1 aliphatic rings. The fourth-order valence-electron chi connectivity index (χ4n) is 3.68. The van der Waals surface area contributed by atoms with E-state index in [1.54, 1.807) is 0 Å². The smallest absolute Gasteiger partial charge is 0.0747 e. The molecule has 6 heteroatoms. The third-order valence-corrected chi connectivity index (χ3v) is 5.27. The van der Waals surface area contributed by atoms with Crippen molar-refractivity contribution in [3.8, 4) is 0 Å². The highest BCUT2D eigenvalue weighted by Crippen LogP contribution is 2.29. The molecule has 1 saturated heterocycles. The summed E-state index contributed by atoms with van der Waals surface area (Å²) in [4.78, 5) is 7.02. The predicted octanol–water partition coefficient (Wildman–Crippen LogP) is 4.77. The number of likely N-dealkylation sites (tertiary alicyclic amines) is 1. The van der Waals surface area contributed by atoms with Crippen LogP contribution in [0, 0.1) is 0 Å². The lowest BCUT2D eigenvalue weighted by Gasteiger charge is -2.17. The van der Waals surface area contributed by atoms with Gasteiger partial charge >= 0.3 is 0 Å². The lowest BCUT2D eigenvalue weighted by Crippen LogP contribution is -2.28. The first-order chi connectivity index (χ1) is 11.7. The van der Waals surface area contributed by atoms with E-state index in [0.717, 1.165) is 29.6 Å². The van der Waals surface area contributed by atoms with Crippen LogP contribution in [0.25, 0.3) is 10.9 Å². The lowest BCUT2D eigenvalue weighted by molar-refractivity contribution is 0.325. The van der Waals surface area contributed by atoms with Gasteiger partial charge in [-0.15, -0.1) is 24.8 Å². The summed E-state index contributed by atoms with van der Waals surface area (Å²) in [5, 5.41) is 1.17. The van der Waals surface area contributed by atoms with E-state index in [-0.39, 0.29) is 30.9 Å². The molecule has 0 radical (unpaired) electrons. The van der Waals surface area contributed by atoms with Crippen molar-refractivity contribution in [2.24, 2.45) is 5.73 Å². The maximum absolute atomic E-state index is 6.43. The van der Waals surface area contributed by atoms with Crippen LogP contribution in [0.5, 0.6) is 0 Å². The molecule has 0 spiro atoms. The Kier molecular flexibility index (Phi) is 7.44. The predicted molar refractivity (Wildman–Crippen MR) is 116 cm³/mol. The number of fused-ring (bicyclic) bond motifs is 1. The Morgan fingerprint density at radius 2 is 1.81 bits per heavy atom. The fraction of sp³-hybridized carbons (Fsp3) is 0.250. The maximum Gasteiger partial charge on any atom is 0.0747 e. The van der Waals surface area contributed by atoms with Gasteiger partial charge in [-0.05, 0) is 29.3 Å². The average Bonchev–Trinajstić information content (AvgIpc) is 2.96. The molecule has 2 atom stereocenters. The fourth-order valence-corrected chi connectivity index (χ4v) is 4.21. The molecule has 1 aromatic heterocycles. The van der Waals surface area contributed by atoms with Crippen LogP contribution in [-0.4, -0.2) is 29.0 Å². The van der Waals surface area contributed by atoms with Gasteiger partial charge in [0.2, 0.25) is 0 Å². The first-order valence-corrected chi connectivity index (χ1v) is 9.06. The highest BCUT2D eigenvalue weighted by atomic mass is 79.9. The molecule has 0 unspecified atom stereocenters. The van der Waals surface area contributed by atoms with Gasteiger partial charge in [0.05, 0.1) is 5.52 Å². The van der Waals surface area contributed by atoms with Crippen molar-refractivity contribution in [2.45, 2.75) is 18.5 Å². The Bertz CT molecular complexity index is 860. The van der Waals surface area contributed by atoms with Crippen molar-refractivity contribution in [2.75, 3.05) is 13.1 Å². The minimum atomic E-state index is 0. The van der Waals surface area contributed by atoms with E-state index in [1.807, 2.05) is 12.3 Å². The van der Waals surface area contributed by atoms with Gasteiger partial charge in [-0.25, -0.2) is 0 Å². The van der Waals surface area contributed by atoms with E-state index >= 15 is 0 Å². The molecule has 4 rings (SSSR count). The third kappa shape index (κ3) is 4.38. The second-order valence-corrected chi connectivity index (χ2v) is 7.43. The van der Waals surface area contributed by atoms with Crippen LogP contribution in [0.3, 0.4) is 0 Å². The topological polar surface area (TPSA) is 42.1 Å². The molecule has 0 aliphatic carbocycles. The molecule has 1 aliphatic heterocycles. The summed E-state index contributed by atoms with van der Waals surface area (Å²) in [7, 11) is 0. The number of benzene rings is 2. The number of pyridine rings is 1. The number of rotatable bonds is 3. The maximum atomic E-state index is 6.43. The van der Waals surface area contributed by atoms with Gasteiger partial charge in [0, 0.05) is 47.6 Å². The first-order valence-electron chi connectivity index (χ1n) is 8.27. The number of aromatic nitrogens is 1. The molecule has 2 heterocycles. The van der Waals surface area contributed by atoms with Crippen LogP contribution in [0.2, 0.25) is 0 Å².